The van der Waals surface area contributed by atoms with Gasteiger partial charge in [0.05, 0.1) is 6.42 Å². The van der Waals surface area contributed by atoms with Crippen molar-refractivity contribution in [2.24, 2.45) is 0 Å². The SMILES string of the molecule is C=CCOC(=O)CC(=C)C(=O)OCC=C.P. The van der Waals surface area contributed by atoms with Crippen molar-refractivity contribution in [2.75, 3.05) is 13.2 Å². The fourth-order valence-electron chi connectivity index (χ4n) is 0.686. The molecule has 0 heterocycles. The molecule has 0 bridgehead atoms. The Morgan fingerprint density at radius 3 is 2.06 bits per heavy atom. The Balaban J connectivity index is 0. The van der Waals surface area contributed by atoms with Gasteiger partial charge in [0.25, 0.3) is 0 Å². The van der Waals surface area contributed by atoms with Gasteiger partial charge in [-0.3, -0.25) is 4.79 Å². The summed E-state index contributed by atoms with van der Waals surface area (Å²) in [5, 5.41) is 0. The van der Waals surface area contributed by atoms with E-state index in [1.165, 1.54) is 12.2 Å². The van der Waals surface area contributed by atoms with Gasteiger partial charge >= 0.3 is 11.9 Å². The monoisotopic (exact) mass is 244 g/mol. The molecule has 0 aromatic carbocycles. The lowest BCUT2D eigenvalue weighted by molar-refractivity contribution is -0.145. The maximum Gasteiger partial charge on any atom is 0.334 e. The van der Waals surface area contributed by atoms with E-state index in [4.69, 9.17) is 0 Å². The Morgan fingerprint density at radius 1 is 1.06 bits per heavy atom. The molecule has 0 aliphatic carbocycles. The smallest absolute Gasteiger partial charge is 0.334 e. The van der Waals surface area contributed by atoms with E-state index >= 15 is 0 Å². The highest BCUT2D eigenvalue weighted by Crippen LogP contribution is 2.03. The fraction of sp³-hybridized carbons (Fsp3) is 0.273. The van der Waals surface area contributed by atoms with E-state index < -0.39 is 11.9 Å². The van der Waals surface area contributed by atoms with Crippen molar-refractivity contribution in [3.8, 4) is 0 Å². The molecule has 0 spiro atoms. The minimum absolute atomic E-state index is 0. The van der Waals surface area contributed by atoms with Crippen molar-refractivity contribution < 1.29 is 19.1 Å². The minimum Gasteiger partial charge on any atom is -0.461 e. The highest BCUT2D eigenvalue weighted by molar-refractivity contribution is 6.92. The topological polar surface area (TPSA) is 52.6 Å². The third-order valence-corrected chi connectivity index (χ3v) is 1.34. The Bertz CT molecular complexity index is 284. The van der Waals surface area contributed by atoms with Gasteiger partial charge in [-0.05, 0) is 0 Å². The van der Waals surface area contributed by atoms with Gasteiger partial charge in [0, 0.05) is 5.57 Å². The number of carbonyl (C=O) groups is 2. The van der Waals surface area contributed by atoms with E-state index in [0.29, 0.717) is 0 Å². The van der Waals surface area contributed by atoms with Crippen LogP contribution in [-0.4, -0.2) is 25.2 Å². The van der Waals surface area contributed by atoms with Gasteiger partial charge in [0.15, 0.2) is 0 Å². The van der Waals surface area contributed by atoms with Crippen molar-refractivity contribution in [3.63, 3.8) is 0 Å². The summed E-state index contributed by atoms with van der Waals surface area (Å²) in [5.41, 5.74) is 0.0610. The fourth-order valence-corrected chi connectivity index (χ4v) is 0.686. The zero-order valence-corrected chi connectivity index (χ0v) is 10.7. The van der Waals surface area contributed by atoms with E-state index in [1.54, 1.807) is 0 Å². The molecule has 0 radical (unpaired) electrons. The summed E-state index contributed by atoms with van der Waals surface area (Å²) < 4.78 is 9.34. The van der Waals surface area contributed by atoms with Crippen molar-refractivity contribution >= 4 is 21.8 Å². The molecule has 90 valence electrons. The van der Waals surface area contributed by atoms with E-state index in [9.17, 15) is 9.59 Å². The molecule has 16 heavy (non-hydrogen) atoms. The highest BCUT2D eigenvalue weighted by Gasteiger charge is 2.13. The molecule has 0 aliphatic heterocycles. The third kappa shape index (κ3) is 7.94. The maximum atomic E-state index is 11.1. The van der Waals surface area contributed by atoms with Crippen molar-refractivity contribution in [2.45, 2.75) is 6.42 Å². The van der Waals surface area contributed by atoms with Gasteiger partial charge in [-0.15, -0.1) is 0 Å². The van der Waals surface area contributed by atoms with Crippen LogP contribution in [0.1, 0.15) is 6.42 Å². The van der Waals surface area contributed by atoms with Crippen LogP contribution >= 0.6 is 9.90 Å². The first-order chi connectivity index (χ1) is 7.11. The molecule has 0 saturated heterocycles. The summed E-state index contributed by atoms with van der Waals surface area (Å²) in [7, 11) is 0. The molecule has 0 N–H and O–H groups in total. The molecule has 1 atom stereocenters. The standard InChI is InChI=1S/C11H14O4.H3P/c1-4-6-14-10(12)8-9(3)11(13)15-7-5-2;/h4-5H,1-3,6-8H2;1H3. The molecule has 0 aliphatic rings. The van der Waals surface area contributed by atoms with Crippen LogP contribution in [-0.2, 0) is 19.1 Å². The lowest BCUT2D eigenvalue weighted by Crippen LogP contribution is -2.13. The van der Waals surface area contributed by atoms with E-state index in [2.05, 4.69) is 29.2 Å². The van der Waals surface area contributed by atoms with Gasteiger partial charge in [0.1, 0.15) is 13.2 Å². The molecule has 5 heteroatoms. The quantitative estimate of drug-likeness (QED) is 0.294. The number of carbonyl (C=O) groups excluding carboxylic acids is 2. The Morgan fingerprint density at radius 2 is 1.56 bits per heavy atom. The van der Waals surface area contributed by atoms with Gasteiger partial charge in [-0.1, -0.05) is 31.9 Å². The van der Waals surface area contributed by atoms with Crippen molar-refractivity contribution in [1.29, 1.82) is 0 Å². The second-order valence-corrected chi connectivity index (χ2v) is 2.64. The second kappa shape index (κ2) is 10.1. The van der Waals surface area contributed by atoms with Crippen LogP contribution in [0.2, 0.25) is 0 Å². The molecular weight excluding hydrogens is 227 g/mol. The first kappa shape index (κ1) is 17.0. The molecule has 0 rings (SSSR count). The summed E-state index contributed by atoms with van der Waals surface area (Å²) in [5.74, 6) is -1.15. The molecule has 0 amide bonds. The lowest BCUT2D eigenvalue weighted by Gasteiger charge is -2.04. The molecule has 0 fully saturated rings. The predicted molar refractivity (Wildman–Crippen MR) is 67.2 cm³/mol. The van der Waals surface area contributed by atoms with Gasteiger partial charge in [-0.2, -0.15) is 9.90 Å². The van der Waals surface area contributed by atoms with Crippen LogP contribution in [0.4, 0.5) is 0 Å². The average molecular weight is 244 g/mol. The van der Waals surface area contributed by atoms with Crippen LogP contribution in [0.25, 0.3) is 0 Å². The van der Waals surface area contributed by atoms with Crippen molar-refractivity contribution in [1.82, 2.24) is 0 Å². The van der Waals surface area contributed by atoms with E-state index in [1.807, 2.05) is 0 Å². The molecule has 0 saturated carbocycles. The van der Waals surface area contributed by atoms with Gasteiger partial charge in [-0.25, -0.2) is 4.79 Å². The molecule has 4 nitrogen and oxygen atoms in total. The second-order valence-electron chi connectivity index (χ2n) is 2.64. The summed E-state index contributed by atoms with van der Waals surface area (Å²) in [4.78, 5) is 22.1. The number of esters is 2. The molecule has 0 aromatic heterocycles. The Hall–Kier alpha value is -1.41. The van der Waals surface area contributed by atoms with E-state index in [0.717, 1.165) is 0 Å². The minimum atomic E-state index is -0.620. The Kier molecular flexibility index (Phi) is 10.8. The summed E-state index contributed by atoms with van der Waals surface area (Å²) >= 11 is 0. The Labute approximate surface area is 98.6 Å². The van der Waals surface area contributed by atoms with Gasteiger partial charge < -0.3 is 9.47 Å². The summed E-state index contributed by atoms with van der Waals surface area (Å²) in [6.07, 6.45) is 2.70. The van der Waals surface area contributed by atoms with Gasteiger partial charge in [0.2, 0.25) is 0 Å². The van der Waals surface area contributed by atoms with Crippen molar-refractivity contribution in [3.05, 3.63) is 37.5 Å². The predicted octanol–water partition coefficient (Wildman–Crippen LogP) is 1.45. The lowest BCUT2D eigenvalue weighted by atomic mass is 10.2. The summed E-state index contributed by atoms with van der Waals surface area (Å²) in [6, 6.07) is 0. The molecule has 1 unspecified atom stereocenters. The highest BCUT2D eigenvalue weighted by atomic mass is 31.0. The number of rotatable bonds is 7. The van der Waals surface area contributed by atoms with Crippen LogP contribution in [0.5, 0.6) is 0 Å². The average Bonchev–Trinajstić information content (AvgIpc) is 2.22. The largest absolute Gasteiger partial charge is 0.461 e. The zero-order valence-electron chi connectivity index (χ0n) is 9.24. The normalized spacial score (nSPS) is 8.25. The van der Waals surface area contributed by atoms with Crippen LogP contribution in [0.15, 0.2) is 37.5 Å². The number of hydrogen-bond acceptors (Lipinski definition) is 4. The van der Waals surface area contributed by atoms with E-state index in [-0.39, 0.29) is 35.1 Å². The number of ether oxygens (including phenoxy) is 2. The third-order valence-electron chi connectivity index (χ3n) is 1.34. The number of hydrogen-bond donors (Lipinski definition) is 0. The van der Waals surface area contributed by atoms with Crippen LogP contribution in [0, 0.1) is 0 Å². The van der Waals surface area contributed by atoms with Crippen LogP contribution in [0.3, 0.4) is 0 Å². The summed E-state index contributed by atoms with van der Waals surface area (Å²) in [6.45, 7) is 10.4. The molecular formula is C11H17O4P. The van der Waals surface area contributed by atoms with Crippen LogP contribution < -0.4 is 0 Å². The maximum absolute atomic E-state index is 11.1. The molecule has 0 aromatic rings. The zero-order chi connectivity index (χ0) is 11.7. The first-order valence-corrected chi connectivity index (χ1v) is 4.34. The first-order valence-electron chi connectivity index (χ1n) is 4.34.